The fourth-order valence-electron chi connectivity index (χ4n) is 4.45. The molecule has 1 amide bonds. The molecule has 0 fully saturated rings. The number of pyridine rings is 1. The predicted molar refractivity (Wildman–Crippen MR) is 181 cm³/mol. The molecule has 0 radical (unpaired) electrons. The fraction of sp³-hybridized carbons (Fsp3) is 0.314. The maximum atomic E-state index is 13.7. The number of aryl methyl sites for hydroxylation is 1. The summed E-state index contributed by atoms with van der Waals surface area (Å²) < 4.78 is 13.5. The van der Waals surface area contributed by atoms with Crippen molar-refractivity contribution in [3.63, 3.8) is 0 Å². The van der Waals surface area contributed by atoms with Crippen LogP contribution in [0.2, 0.25) is 25.7 Å². The first-order valence-electron chi connectivity index (χ1n) is 14.9. The average molecular weight is 627 g/mol. The van der Waals surface area contributed by atoms with E-state index in [4.69, 9.17) is 14.6 Å². The molecule has 1 N–H and O–H groups in total. The summed E-state index contributed by atoms with van der Waals surface area (Å²) in [6.07, 6.45) is 7.58. The normalized spacial score (nSPS) is 12.0. The molecule has 0 aliphatic heterocycles. The van der Waals surface area contributed by atoms with Crippen LogP contribution in [0, 0.1) is 6.92 Å². The van der Waals surface area contributed by atoms with Crippen LogP contribution < -0.4 is 4.90 Å². The van der Waals surface area contributed by atoms with Crippen molar-refractivity contribution in [2.24, 2.45) is 0 Å². The molecule has 2 heterocycles. The van der Waals surface area contributed by atoms with Gasteiger partial charge in [0.05, 0.1) is 23.3 Å². The van der Waals surface area contributed by atoms with E-state index in [2.05, 4.69) is 29.7 Å². The van der Waals surface area contributed by atoms with Crippen LogP contribution >= 0.6 is 0 Å². The number of ether oxygens (including phenoxy) is 2. The summed E-state index contributed by atoms with van der Waals surface area (Å²) in [6, 6.07) is 18.0. The Balaban J connectivity index is 1.63. The van der Waals surface area contributed by atoms with Gasteiger partial charge in [0.25, 0.3) is 0 Å². The van der Waals surface area contributed by atoms with Crippen LogP contribution in [-0.2, 0) is 21.0 Å². The van der Waals surface area contributed by atoms with Gasteiger partial charge in [-0.2, -0.15) is 5.10 Å². The Morgan fingerprint density at radius 1 is 1.00 bits per heavy atom. The van der Waals surface area contributed by atoms with Crippen LogP contribution in [0.25, 0.3) is 28.5 Å². The highest BCUT2D eigenvalue weighted by Crippen LogP contribution is 2.34. The van der Waals surface area contributed by atoms with Gasteiger partial charge in [0, 0.05) is 44.3 Å². The molecule has 2 aromatic carbocycles. The van der Waals surface area contributed by atoms with Crippen molar-refractivity contribution in [2.75, 3.05) is 11.5 Å². The predicted octanol–water partition coefficient (Wildman–Crippen LogP) is 8.40. The smallest absolute Gasteiger partial charge is 0.419 e. The zero-order valence-corrected chi connectivity index (χ0v) is 28.1. The van der Waals surface area contributed by atoms with E-state index < -0.39 is 25.7 Å². The maximum Gasteiger partial charge on any atom is 0.419 e. The Hall–Kier alpha value is -4.54. The van der Waals surface area contributed by atoms with Crippen LogP contribution in [0.3, 0.4) is 0 Å². The van der Waals surface area contributed by atoms with E-state index in [0.717, 1.165) is 46.5 Å². The van der Waals surface area contributed by atoms with Gasteiger partial charge in [-0.05, 0) is 80.8 Å². The quantitative estimate of drug-likeness (QED) is 0.101. The Morgan fingerprint density at radius 3 is 2.40 bits per heavy atom. The highest BCUT2D eigenvalue weighted by atomic mass is 28.3. The number of nitrogens with zero attached hydrogens (tertiary/aromatic N) is 4. The molecule has 0 atom stereocenters. The lowest BCUT2D eigenvalue weighted by atomic mass is 10.0. The molecular formula is C35H42N4O5Si. The summed E-state index contributed by atoms with van der Waals surface area (Å²) in [5.41, 5.74) is 5.36. The second-order valence-electron chi connectivity index (χ2n) is 13.1. The number of hydrogen-bond acceptors (Lipinski definition) is 6. The van der Waals surface area contributed by atoms with E-state index >= 15 is 0 Å². The van der Waals surface area contributed by atoms with Crippen molar-refractivity contribution >= 4 is 37.6 Å². The topological polar surface area (TPSA) is 107 Å². The molecule has 2 aromatic heterocycles. The van der Waals surface area contributed by atoms with Crippen LogP contribution in [0.5, 0.6) is 0 Å². The summed E-state index contributed by atoms with van der Waals surface area (Å²) in [5, 5.41) is 13.5. The zero-order chi connectivity index (χ0) is 32.8. The minimum absolute atomic E-state index is 0.400. The Kier molecular flexibility index (Phi) is 10.4. The molecule has 0 saturated heterocycles. The first-order chi connectivity index (χ1) is 21.2. The number of benzene rings is 2. The third-order valence-corrected chi connectivity index (χ3v) is 8.51. The van der Waals surface area contributed by atoms with Gasteiger partial charge in [-0.25, -0.2) is 19.2 Å². The molecule has 10 heteroatoms. The second-order valence-corrected chi connectivity index (χ2v) is 18.8. The molecule has 4 aromatic rings. The van der Waals surface area contributed by atoms with E-state index in [0.29, 0.717) is 23.8 Å². The number of aromatic nitrogens is 3. The van der Waals surface area contributed by atoms with Crippen LogP contribution in [0.15, 0.2) is 79.3 Å². The largest absolute Gasteiger partial charge is 0.478 e. The van der Waals surface area contributed by atoms with E-state index in [1.807, 2.05) is 94.7 Å². The number of rotatable bonds is 11. The van der Waals surface area contributed by atoms with E-state index in [1.165, 1.54) is 6.08 Å². The Labute approximate surface area is 266 Å². The summed E-state index contributed by atoms with van der Waals surface area (Å²) in [7, 11) is -1.15. The Morgan fingerprint density at radius 2 is 1.73 bits per heavy atom. The Bertz CT molecular complexity index is 1670. The standard InChI is InChI=1S/C35H42N4O5Si/c1-25-21-36-31(28-10-8-9-26(19-28)11-16-33(40)41)20-32(25)39(34(42)44-35(2,3)4)30-14-12-27(13-15-30)29-22-37-38(23-29)24-43-17-18-45(5,6)7/h8-16,19-23H,17-18,24H2,1-7H3,(H,40,41). The van der Waals surface area contributed by atoms with Gasteiger partial charge in [0.1, 0.15) is 12.3 Å². The number of hydrogen-bond donors (Lipinski definition) is 1. The van der Waals surface area contributed by atoms with Crippen LogP contribution in [-0.4, -0.2) is 52.2 Å². The van der Waals surface area contributed by atoms with Gasteiger partial charge in [0.15, 0.2) is 0 Å². The van der Waals surface area contributed by atoms with Gasteiger partial charge in [-0.1, -0.05) is 50.0 Å². The molecule has 0 saturated carbocycles. The van der Waals surface area contributed by atoms with Crippen LogP contribution in [0.1, 0.15) is 31.9 Å². The zero-order valence-electron chi connectivity index (χ0n) is 27.1. The van der Waals surface area contributed by atoms with Crippen LogP contribution in [0.4, 0.5) is 16.2 Å². The van der Waals surface area contributed by atoms with Crippen molar-refractivity contribution < 1.29 is 24.2 Å². The third-order valence-electron chi connectivity index (χ3n) is 6.80. The second kappa shape index (κ2) is 14.0. The van der Waals surface area contributed by atoms with Crippen molar-refractivity contribution in [3.8, 4) is 22.4 Å². The van der Waals surface area contributed by atoms with E-state index in [1.54, 1.807) is 15.8 Å². The number of carbonyl (C=O) groups is 2. The SMILES string of the molecule is Cc1cnc(-c2cccc(C=CC(=O)O)c2)cc1N(C(=O)OC(C)(C)C)c1ccc(-c2cnn(COCC[Si](C)(C)C)c2)cc1. The number of aliphatic carboxylic acids is 1. The minimum Gasteiger partial charge on any atom is -0.478 e. The number of anilines is 2. The summed E-state index contributed by atoms with van der Waals surface area (Å²) in [6.45, 7) is 15.5. The van der Waals surface area contributed by atoms with Crippen molar-refractivity contribution in [1.82, 2.24) is 14.8 Å². The molecule has 0 aliphatic rings. The van der Waals surface area contributed by atoms with Gasteiger partial charge >= 0.3 is 12.1 Å². The van der Waals surface area contributed by atoms with Gasteiger partial charge in [0.2, 0.25) is 0 Å². The van der Waals surface area contributed by atoms with Crippen molar-refractivity contribution in [3.05, 3.63) is 90.4 Å². The lowest BCUT2D eigenvalue weighted by Crippen LogP contribution is -2.34. The molecule has 236 valence electrons. The number of carboxylic acid groups (broad SMARTS) is 1. The van der Waals surface area contributed by atoms with Crippen molar-refractivity contribution in [1.29, 1.82) is 0 Å². The van der Waals surface area contributed by atoms with E-state index in [9.17, 15) is 9.59 Å². The monoisotopic (exact) mass is 626 g/mol. The third kappa shape index (κ3) is 9.72. The highest BCUT2D eigenvalue weighted by molar-refractivity contribution is 6.76. The van der Waals surface area contributed by atoms with Gasteiger partial charge in [-0.3, -0.25) is 4.98 Å². The summed E-state index contributed by atoms with van der Waals surface area (Å²) in [5.74, 6) is -1.02. The number of carbonyl (C=O) groups excluding carboxylic acids is 1. The lowest BCUT2D eigenvalue weighted by Gasteiger charge is -2.29. The average Bonchev–Trinajstić information content (AvgIpc) is 3.43. The molecule has 0 aliphatic carbocycles. The van der Waals surface area contributed by atoms with Gasteiger partial charge < -0.3 is 14.6 Å². The molecule has 45 heavy (non-hydrogen) atoms. The summed E-state index contributed by atoms with van der Waals surface area (Å²) >= 11 is 0. The molecule has 0 bridgehead atoms. The van der Waals surface area contributed by atoms with E-state index in [-0.39, 0.29) is 0 Å². The fourth-order valence-corrected chi connectivity index (χ4v) is 5.21. The maximum absolute atomic E-state index is 13.7. The highest BCUT2D eigenvalue weighted by Gasteiger charge is 2.27. The van der Waals surface area contributed by atoms with Crippen molar-refractivity contribution in [2.45, 2.75) is 65.7 Å². The van der Waals surface area contributed by atoms with Gasteiger partial charge in [-0.15, -0.1) is 0 Å². The lowest BCUT2D eigenvalue weighted by molar-refractivity contribution is -0.131. The number of carboxylic acids is 1. The minimum atomic E-state index is -1.15. The first kappa shape index (κ1) is 33.4. The molecular weight excluding hydrogens is 584 g/mol. The molecule has 0 spiro atoms. The molecule has 4 rings (SSSR count). The number of amides is 1. The summed E-state index contributed by atoms with van der Waals surface area (Å²) in [4.78, 5) is 30.9. The molecule has 9 nitrogen and oxygen atoms in total. The first-order valence-corrected chi connectivity index (χ1v) is 18.6. The molecule has 0 unspecified atom stereocenters.